The van der Waals surface area contributed by atoms with E-state index in [0.29, 0.717) is 28.8 Å². The molecule has 1 fully saturated rings. The number of rotatable bonds is 4. The van der Waals surface area contributed by atoms with Crippen molar-refractivity contribution in [1.82, 2.24) is 9.97 Å². The first kappa shape index (κ1) is 14.9. The molecule has 0 spiro atoms. The first-order chi connectivity index (χ1) is 10.6. The molecule has 0 amide bonds. The lowest BCUT2D eigenvalue weighted by Gasteiger charge is -2.16. The van der Waals surface area contributed by atoms with E-state index in [0.717, 1.165) is 12.8 Å². The smallest absolute Gasteiger partial charge is 0.222 e. The highest BCUT2D eigenvalue weighted by atomic mass is 35.5. The molecule has 116 valence electrons. The molecule has 1 aromatic heterocycles. The molecule has 0 saturated heterocycles. The maximum absolute atomic E-state index is 9.62. The number of ether oxygens (including phenoxy) is 1. The number of hydrogen-bond acceptors (Lipinski definition) is 6. The van der Waals surface area contributed by atoms with Crippen LogP contribution in [0.25, 0.3) is 0 Å². The molecule has 0 bridgehead atoms. The first-order valence-electron chi connectivity index (χ1n) is 7.10. The Morgan fingerprint density at radius 2 is 2.05 bits per heavy atom. The van der Waals surface area contributed by atoms with Gasteiger partial charge >= 0.3 is 0 Å². The van der Waals surface area contributed by atoms with Crippen LogP contribution < -0.4 is 15.8 Å². The average Bonchev–Trinajstić information content (AvgIpc) is 2.89. The van der Waals surface area contributed by atoms with Gasteiger partial charge in [0.2, 0.25) is 5.95 Å². The van der Waals surface area contributed by atoms with Crippen molar-refractivity contribution in [2.75, 3.05) is 11.1 Å². The summed E-state index contributed by atoms with van der Waals surface area (Å²) in [6.07, 6.45) is 3.61. The van der Waals surface area contributed by atoms with E-state index in [-0.39, 0.29) is 18.1 Å². The van der Waals surface area contributed by atoms with E-state index in [1.165, 1.54) is 6.20 Å². The number of aromatic nitrogens is 2. The second-order valence-corrected chi connectivity index (χ2v) is 5.74. The lowest BCUT2D eigenvalue weighted by molar-refractivity contribution is 0.182. The first-order valence-corrected chi connectivity index (χ1v) is 7.48. The fourth-order valence-corrected chi connectivity index (χ4v) is 2.60. The summed E-state index contributed by atoms with van der Waals surface area (Å²) in [5.41, 5.74) is 5.66. The number of nitrogens with two attached hydrogens (primary N) is 1. The molecule has 3 rings (SSSR count). The standard InChI is InChI=1S/C15H17ClN4O2/c16-9-1-5-12(6-2-9)22-13-8-18-15(17)20-14(13)19-10-3-4-11(21)7-10/h1-2,5-6,8,10-11,21H,3-4,7H2,(H3,17,18,19,20)/t10-,11+/m1/s1. The van der Waals surface area contributed by atoms with Gasteiger partial charge < -0.3 is 20.9 Å². The lowest BCUT2D eigenvalue weighted by Crippen LogP contribution is -2.18. The zero-order valence-corrected chi connectivity index (χ0v) is 12.6. The Labute approximate surface area is 133 Å². The molecule has 1 aromatic carbocycles. The van der Waals surface area contributed by atoms with Crippen molar-refractivity contribution in [3.05, 3.63) is 35.5 Å². The number of halogens is 1. The molecule has 4 N–H and O–H groups in total. The number of nitrogen functional groups attached to an aromatic ring is 1. The molecule has 2 atom stereocenters. The zero-order chi connectivity index (χ0) is 15.5. The van der Waals surface area contributed by atoms with Crippen molar-refractivity contribution in [3.63, 3.8) is 0 Å². The van der Waals surface area contributed by atoms with Crippen molar-refractivity contribution in [1.29, 1.82) is 0 Å². The number of nitrogens with one attached hydrogen (secondary N) is 1. The fourth-order valence-electron chi connectivity index (χ4n) is 2.47. The highest BCUT2D eigenvalue weighted by Gasteiger charge is 2.24. The summed E-state index contributed by atoms with van der Waals surface area (Å²) in [5.74, 6) is 1.82. The van der Waals surface area contributed by atoms with Crippen LogP contribution in [-0.4, -0.2) is 27.2 Å². The highest BCUT2D eigenvalue weighted by Crippen LogP contribution is 2.31. The van der Waals surface area contributed by atoms with Gasteiger partial charge in [0, 0.05) is 11.1 Å². The summed E-state index contributed by atoms with van der Waals surface area (Å²) in [5, 5.41) is 13.5. The number of aliphatic hydroxyl groups excluding tert-OH is 1. The van der Waals surface area contributed by atoms with E-state index < -0.39 is 0 Å². The summed E-state index contributed by atoms with van der Waals surface area (Å²) in [6.45, 7) is 0. The van der Waals surface area contributed by atoms with Gasteiger partial charge in [0.1, 0.15) is 5.75 Å². The third-order valence-electron chi connectivity index (χ3n) is 3.56. The van der Waals surface area contributed by atoms with Gasteiger partial charge in [-0.3, -0.25) is 0 Å². The number of hydrogen-bond donors (Lipinski definition) is 3. The molecule has 1 aliphatic carbocycles. The van der Waals surface area contributed by atoms with E-state index >= 15 is 0 Å². The zero-order valence-electron chi connectivity index (χ0n) is 11.9. The van der Waals surface area contributed by atoms with E-state index in [2.05, 4.69) is 15.3 Å². The summed E-state index contributed by atoms with van der Waals surface area (Å²) in [7, 11) is 0. The normalized spacial score (nSPS) is 20.8. The molecule has 22 heavy (non-hydrogen) atoms. The van der Waals surface area contributed by atoms with Crippen LogP contribution in [-0.2, 0) is 0 Å². The van der Waals surface area contributed by atoms with Crippen molar-refractivity contribution in [3.8, 4) is 11.5 Å². The molecular weight excluding hydrogens is 304 g/mol. The van der Waals surface area contributed by atoms with Gasteiger partial charge in [0.15, 0.2) is 11.6 Å². The van der Waals surface area contributed by atoms with Gasteiger partial charge in [-0.25, -0.2) is 4.98 Å². The van der Waals surface area contributed by atoms with Crippen LogP contribution >= 0.6 is 11.6 Å². The van der Waals surface area contributed by atoms with E-state index in [1.54, 1.807) is 24.3 Å². The molecule has 0 aliphatic heterocycles. The van der Waals surface area contributed by atoms with Gasteiger partial charge in [0.05, 0.1) is 12.3 Å². The summed E-state index contributed by atoms with van der Waals surface area (Å²) in [6, 6.07) is 7.17. The maximum atomic E-state index is 9.62. The van der Waals surface area contributed by atoms with E-state index in [9.17, 15) is 5.11 Å². The fraction of sp³-hybridized carbons (Fsp3) is 0.333. The summed E-state index contributed by atoms with van der Waals surface area (Å²) < 4.78 is 5.79. The van der Waals surface area contributed by atoms with Crippen LogP contribution in [0.4, 0.5) is 11.8 Å². The van der Waals surface area contributed by atoms with Gasteiger partial charge in [-0.2, -0.15) is 4.98 Å². The molecule has 7 heteroatoms. The molecular formula is C15H17ClN4O2. The second kappa shape index (κ2) is 6.37. The quantitative estimate of drug-likeness (QED) is 0.802. The lowest BCUT2D eigenvalue weighted by atomic mass is 10.2. The van der Waals surface area contributed by atoms with Crippen molar-refractivity contribution in [2.24, 2.45) is 0 Å². The third kappa shape index (κ3) is 3.58. The van der Waals surface area contributed by atoms with Crippen LogP contribution in [0, 0.1) is 0 Å². The van der Waals surface area contributed by atoms with Crippen LogP contribution in [0.2, 0.25) is 5.02 Å². The average molecular weight is 321 g/mol. The third-order valence-corrected chi connectivity index (χ3v) is 3.81. The van der Waals surface area contributed by atoms with Gasteiger partial charge in [-0.1, -0.05) is 11.6 Å². The monoisotopic (exact) mass is 320 g/mol. The Balaban J connectivity index is 1.79. The molecule has 2 aromatic rings. The minimum atomic E-state index is -0.266. The van der Waals surface area contributed by atoms with Gasteiger partial charge in [-0.15, -0.1) is 0 Å². The number of nitrogens with zero attached hydrogens (tertiary/aromatic N) is 2. The largest absolute Gasteiger partial charge is 0.452 e. The Kier molecular flexibility index (Phi) is 4.31. The summed E-state index contributed by atoms with van der Waals surface area (Å²) >= 11 is 5.86. The van der Waals surface area contributed by atoms with Gasteiger partial charge in [0.25, 0.3) is 0 Å². The van der Waals surface area contributed by atoms with Crippen LogP contribution in [0.5, 0.6) is 11.5 Å². The van der Waals surface area contributed by atoms with Crippen LogP contribution in [0.15, 0.2) is 30.5 Å². The Morgan fingerprint density at radius 1 is 1.27 bits per heavy atom. The van der Waals surface area contributed by atoms with Crippen molar-refractivity contribution >= 4 is 23.4 Å². The molecule has 0 radical (unpaired) electrons. The minimum Gasteiger partial charge on any atom is -0.452 e. The Bertz CT molecular complexity index is 650. The Morgan fingerprint density at radius 3 is 2.73 bits per heavy atom. The molecule has 0 unspecified atom stereocenters. The highest BCUT2D eigenvalue weighted by molar-refractivity contribution is 6.30. The Hall–Kier alpha value is -2.05. The van der Waals surface area contributed by atoms with Crippen LogP contribution in [0.1, 0.15) is 19.3 Å². The predicted molar refractivity (Wildman–Crippen MR) is 85.2 cm³/mol. The molecule has 6 nitrogen and oxygen atoms in total. The van der Waals surface area contributed by atoms with E-state index in [1.807, 2.05) is 0 Å². The summed E-state index contributed by atoms with van der Waals surface area (Å²) in [4.78, 5) is 8.17. The van der Waals surface area contributed by atoms with Crippen molar-refractivity contribution < 1.29 is 9.84 Å². The number of anilines is 2. The maximum Gasteiger partial charge on any atom is 0.222 e. The topological polar surface area (TPSA) is 93.3 Å². The molecule has 1 heterocycles. The number of benzene rings is 1. The molecule has 1 saturated carbocycles. The molecule has 1 aliphatic rings. The van der Waals surface area contributed by atoms with Gasteiger partial charge in [-0.05, 0) is 43.5 Å². The van der Waals surface area contributed by atoms with Crippen LogP contribution in [0.3, 0.4) is 0 Å². The predicted octanol–water partition coefficient (Wildman–Crippen LogP) is 2.83. The second-order valence-electron chi connectivity index (χ2n) is 5.31. The van der Waals surface area contributed by atoms with E-state index in [4.69, 9.17) is 22.1 Å². The SMILES string of the molecule is Nc1ncc(Oc2ccc(Cl)cc2)c(N[C@@H]2CC[C@H](O)C2)n1. The minimum absolute atomic E-state index is 0.150. The number of aliphatic hydroxyl groups is 1. The van der Waals surface area contributed by atoms with Crippen molar-refractivity contribution in [2.45, 2.75) is 31.4 Å².